The minimum absolute atomic E-state index is 0.0271. The Morgan fingerprint density at radius 1 is 1.04 bits per heavy atom. The van der Waals surface area contributed by atoms with E-state index in [1.54, 1.807) is 55.9 Å². The van der Waals surface area contributed by atoms with Crippen molar-refractivity contribution in [3.63, 3.8) is 0 Å². The maximum atomic E-state index is 13.7. The predicted molar refractivity (Wildman–Crippen MR) is 176 cm³/mol. The van der Waals surface area contributed by atoms with Gasteiger partial charge >= 0.3 is 6.09 Å². The summed E-state index contributed by atoms with van der Waals surface area (Å²) in [7, 11) is -1.26. The van der Waals surface area contributed by atoms with Gasteiger partial charge in [0.15, 0.2) is 5.82 Å². The van der Waals surface area contributed by atoms with Gasteiger partial charge in [-0.1, -0.05) is 31.8 Å². The molecule has 0 N–H and O–H groups in total. The summed E-state index contributed by atoms with van der Waals surface area (Å²) in [6.07, 6.45) is 4.53. The lowest BCUT2D eigenvalue weighted by Crippen LogP contribution is -2.64. The minimum Gasteiger partial charge on any atom is -0.444 e. The fourth-order valence-electron chi connectivity index (χ4n) is 5.79. The third-order valence-corrected chi connectivity index (χ3v) is 9.96. The van der Waals surface area contributed by atoms with Gasteiger partial charge in [0.25, 0.3) is 11.8 Å². The van der Waals surface area contributed by atoms with E-state index in [0.717, 1.165) is 10.9 Å². The largest absolute Gasteiger partial charge is 0.444 e. The number of hydrogen-bond donors (Lipinski definition) is 0. The van der Waals surface area contributed by atoms with Gasteiger partial charge in [-0.3, -0.25) is 14.3 Å². The summed E-state index contributed by atoms with van der Waals surface area (Å²) in [6.45, 7) is 13.5. The highest BCUT2D eigenvalue weighted by Gasteiger charge is 2.50. The zero-order valence-corrected chi connectivity index (χ0v) is 28.5. The number of aromatic nitrogens is 5. The highest BCUT2D eigenvalue weighted by molar-refractivity contribution is 6.76. The molecule has 13 nitrogen and oxygen atoms in total. The Morgan fingerprint density at radius 3 is 2.34 bits per heavy atom. The third-order valence-electron chi connectivity index (χ3n) is 8.25. The molecule has 1 saturated heterocycles. The number of nitriles is 1. The zero-order valence-electron chi connectivity index (χ0n) is 27.5. The van der Waals surface area contributed by atoms with Crippen molar-refractivity contribution < 1.29 is 23.9 Å². The molecule has 0 bridgehead atoms. The average molecular weight is 655 g/mol. The number of rotatable bonds is 9. The molecule has 0 aliphatic carbocycles. The van der Waals surface area contributed by atoms with Crippen molar-refractivity contribution >= 4 is 42.8 Å². The molecule has 4 aromatic rings. The minimum atomic E-state index is -1.26. The first kappa shape index (κ1) is 32.1. The average Bonchev–Trinajstić information content (AvgIpc) is 3.66. The summed E-state index contributed by atoms with van der Waals surface area (Å²) < 4.78 is 15.0. The number of carbonyl (C=O) groups excluding carboxylic acids is 3. The van der Waals surface area contributed by atoms with Crippen LogP contribution in [0, 0.1) is 11.3 Å². The predicted octanol–water partition coefficient (Wildman–Crippen LogP) is 5.27. The number of imide groups is 1. The van der Waals surface area contributed by atoms with E-state index in [1.165, 1.54) is 11.2 Å². The van der Waals surface area contributed by atoms with Crippen LogP contribution in [0.2, 0.25) is 25.7 Å². The van der Waals surface area contributed by atoms with Crippen LogP contribution in [0.15, 0.2) is 49.1 Å². The molecule has 244 valence electrons. The van der Waals surface area contributed by atoms with Crippen molar-refractivity contribution in [2.75, 3.05) is 24.6 Å². The summed E-state index contributed by atoms with van der Waals surface area (Å²) in [5.74, 6) is -0.924. The van der Waals surface area contributed by atoms with Gasteiger partial charge in [-0.15, -0.1) is 0 Å². The molecular formula is C33H38N8O5Si. The maximum absolute atomic E-state index is 13.7. The van der Waals surface area contributed by atoms with Crippen molar-refractivity contribution in [1.82, 2.24) is 29.2 Å². The van der Waals surface area contributed by atoms with E-state index >= 15 is 0 Å². The smallest absolute Gasteiger partial charge is 0.410 e. The van der Waals surface area contributed by atoms with Crippen molar-refractivity contribution in [3.05, 3.63) is 60.2 Å². The Morgan fingerprint density at radius 2 is 1.72 bits per heavy atom. The van der Waals surface area contributed by atoms with Crippen LogP contribution in [0.4, 0.5) is 10.6 Å². The second-order valence-electron chi connectivity index (χ2n) is 14.3. The fourth-order valence-corrected chi connectivity index (χ4v) is 6.55. The molecular weight excluding hydrogens is 617 g/mol. The van der Waals surface area contributed by atoms with Crippen LogP contribution >= 0.6 is 0 Å². The number of benzene rings is 1. The number of ether oxygens (including phenoxy) is 2. The third kappa shape index (κ3) is 6.04. The van der Waals surface area contributed by atoms with Crippen LogP contribution in [-0.2, 0) is 21.7 Å². The van der Waals surface area contributed by atoms with Gasteiger partial charge in [-0.05, 0) is 45.0 Å². The van der Waals surface area contributed by atoms with Crippen LogP contribution in [0.25, 0.3) is 22.3 Å². The van der Waals surface area contributed by atoms with E-state index in [-0.39, 0.29) is 36.5 Å². The van der Waals surface area contributed by atoms with Crippen molar-refractivity contribution in [1.29, 1.82) is 5.26 Å². The van der Waals surface area contributed by atoms with Crippen molar-refractivity contribution in [2.45, 2.75) is 70.7 Å². The van der Waals surface area contributed by atoms with Gasteiger partial charge in [-0.25, -0.2) is 19.7 Å². The molecule has 1 fully saturated rings. The van der Waals surface area contributed by atoms with E-state index in [0.29, 0.717) is 35.6 Å². The second-order valence-corrected chi connectivity index (χ2v) is 19.9. The quantitative estimate of drug-likeness (QED) is 0.134. The molecule has 3 amide bonds. The van der Waals surface area contributed by atoms with Crippen LogP contribution in [0.1, 0.15) is 47.9 Å². The normalized spacial score (nSPS) is 15.9. The fraction of sp³-hybridized carbons (Fsp3) is 0.424. The van der Waals surface area contributed by atoms with E-state index in [1.807, 2.05) is 16.8 Å². The SMILES string of the molecule is CC(C)(C)OC(=O)N1CC(CC#N)(n2cc(-c3ncnc4c3ccn4COCC[Si](C)(C)C)c(N3C(=O)c4ccccc4C3=O)n2)C1. The van der Waals surface area contributed by atoms with Gasteiger partial charge in [-0.2, -0.15) is 10.4 Å². The van der Waals surface area contributed by atoms with Crippen molar-refractivity contribution in [2.24, 2.45) is 0 Å². The van der Waals surface area contributed by atoms with E-state index < -0.39 is 37.1 Å². The summed E-state index contributed by atoms with van der Waals surface area (Å²) >= 11 is 0. The number of likely N-dealkylation sites (tertiary alicyclic amines) is 1. The molecule has 3 aromatic heterocycles. The standard InChI is InChI=1S/C33H38N8O5Si/c1-32(2,3)46-31(44)39-18-33(19-39,12-13-34)40-17-25(28(37-40)41-29(42)22-9-7-8-10-23(22)30(41)43)26-24-11-14-38(27(24)36-20-35-26)21-45-15-16-47(4,5)6/h7-11,14,17,20H,12,15-16,18-19,21H2,1-6H3. The van der Waals surface area contributed by atoms with E-state index in [2.05, 4.69) is 35.7 Å². The van der Waals surface area contributed by atoms with Gasteiger partial charge in [0.05, 0.1) is 48.0 Å². The lowest BCUT2D eigenvalue weighted by Gasteiger charge is -2.48. The van der Waals surface area contributed by atoms with Crippen molar-refractivity contribution in [3.8, 4) is 17.3 Å². The van der Waals surface area contributed by atoms with Crippen LogP contribution in [0.5, 0.6) is 0 Å². The van der Waals surface area contributed by atoms with Crippen LogP contribution in [-0.4, -0.2) is 80.5 Å². The molecule has 47 heavy (non-hydrogen) atoms. The molecule has 0 radical (unpaired) electrons. The van der Waals surface area contributed by atoms with Gasteiger partial charge < -0.3 is 18.9 Å². The van der Waals surface area contributed by atoms with Gasteiger partial charge in [0.2, 0.25) is 0 Å². The second kappa shape index (κ2) is 11.7. The molecule has 0 spiro atoms. The molecule has 5 heterocycles. The Kier molecular flexibility index (Phi) is 8.01. The number of carbonyl (C=O) groups is 3. The summed E-state index contributed by atoms with van der Waals surface area (Å²) in [4.78, 5) is 51.9. The summed E-state index contributed by atoms with van der Waals surface area (Å²) in [6, 6.07) is 11.8. The summed E-state index contributed by atoms with van der Waals surface area (Å²) in [5.41, 5.74) is 0.449. The first-order valence-corrected chi connectivity index (χ1v) is 19.2. The molecule has 14 heteroatoms. The Labute approximate surface area is 273 Å². The van der Waals surface area contributed by atoms with E-state index in [4.69, 9.17) is 14.6 Å². The van der Waals surface area contributed by atoms with Crippen LogP contribution in [0.3, 0.4) is 0 Å². The Bertz CT molecular complexity index is 1890. The van der Waals surface area contributed by atoms with Gasteiger partial charge in [0.1, 0.15) is 29.8 Å². The molecule has 0 unspecified atom stereocenters. The number of anilines is 1. The molecule has 1 aromatic carbocycles. The first-order chi connectivity index (χ1) is 22.2. The lowest BCUT2D eigenvalue weighted by molar-refractivity contribution is -0.0313. The molecule has 0 saturated carbocycles. The number of fused-ring (bicyclic) bond motifs is 2. The lowest BCUT2D eigenvalue weighted by atomic mass is 9.87. The molecule has 0 atom stereocenters. The molecule has 2 aliphatic heterocycles. The highest BCUT2D eigenvalue weighted by atomic mass is 28.3. The first-order valence-electron chi connectivity index (χ1n) is 15.5. The van der Waals surface area contributed by atoms with Crippen LogP contribution < -0.4 is 4.90 Å². The summed E-state index contributed by atoms with van der Waals surface area (Å²) in [5, 5.41) is 15.3. The molecule has 2 aliphatic rings. The zero-order chi connectivity index (χ0) is 33.7. The Hall–Kier alpha value is -4.87. The monoisotopic (exact) mass is 654 g/mol. The maximum Gasteiger partial charge on any atom is 0.410 e. The number of hydrogen-bond acceptors (Lipinski definition) is 9. The topological polar surface area (TPSA) is 148 Å². The number of nitrogens with zero attached hydrogens (tertiary/aromatic N) is 8. The van der Waals surface area contributed by atoms with E-state index in [9.17, 15) is 19.6 Å². The highest BCUT2D eigenvalue weighted by Crippen LogP contribution is 2.41. The Balaban J connectivity index is 1.41. The molecule has 6 rings (SSSR count). The van der Waals surface area contributed by atoms with Gasteiger partial charge in [0, 0.05) is 32.5 Å². The number of amides is 3.